The van der Waals surface area contributed by atoms with Gasteiger partial charge in [0.2, 0.25) is 0 Å². The van der Waals surface area contributed by atoms with E-state index in [-0.39, 0.29) is 0 Å². The summed E-state index contributed by atoms with van der Waals surface area (Å²) < 4.78 is 8.05. The Hall–Kier alpha value is -2.14. The molecule has 0 bridgehead atoms. The molecule has 0 amide bonds. The summed E-state index contributed by atoms with van der Waals surface area (Å²) in [7, 11) is 1.99. The van der Waals surface area contributed by atoms with Gasteiger partial charge in [0.15, 0.2) is 5.06 Å². The van der Waals surface area contributed by atoms with Gasteiger partial charge in [-0.05, 0) is 43.0 Å². The molecule has 0 saturated carbocycles. The normalized spacial score (nSPS) is 12.9. The first-order chi connectivity index (χ1) is 10.2. The quantitative estimate of drug-likeness (QED) is 0.723. The van der Waals surface area contributed by atoms with E-state index in [1.807, 2.05) is 30.1 Å². The van der Waals surface area contributed by atoms with Crippen LogP contribution in [-0.4, -0.2) is 14.8 Å². The van der Waals surface area contributed by atoms with Crippen molar-refractivity contribution in [3.63, 3.8) is 0 Å². The molecule has 3 aromatic heterocycles. The lowest BCUT2D eigenvalue weighted by Gasteiger charge is -2.16. The maximum Gasteiger partial charge on any atom is 0.190 e. The molecule has 0 unspecified atom stereocenters. The fourth-order valence-electron chi connectivity index (χ4n) is 2.93. The topological polar surface area (TPSA) is 39.9 Å². The summed E-state index contributed by atoms with van der Waals surface area (Å²) in [6.45, 7) is 2.17. The van der Waals surface area contributed by atoms with Gasteiger partial charge in [-0.2, -0.15) is 5.10 Å². The number of rotatable bonds is 2. The smallest absolute Gasteiger partial charge is 0.190 e. The van der Waals surface area contributed by atoms with Gasteiger partial charge in [-0.15, -0.1) is 11.3 Å². The van der Waals surface area contributed by atoms with Crippen LogP contribution in [0.2, 0.25) is 0 Å². The highest BCUT2D eigenvalue weighted by Crippen LogP contribution is 2.47. The standard InChI is InChI=1S/C16H15N3OS/c1-10-13-6-5-11-8-18-19(2)15(11)14(13)16(21-10)20-12-4-3-7-17-9-12/h3-4,7-9H,5-6H2,1-2H3. The van der Waals surface area contributed by atoms with Crippen LogP contribution in [-0.2, 0) is 19.9 Å². The Bertz CT molecular complexity index is 805. The van der Waals surface area contributed by atoms with Crippen LogP contribution in [0.15, 0.2) is 30.7 Å². The monoisotopic (exact) mass is 297 g/mol. The van der Waals surface area contributed by atoms with Crippen molar-refractivity contribution in [2.75, 3.05) is 0 Å². The number of thiophene rings is 1. The zero-order valence-electron chi connectivity index (χ0n) is 12.0. The Balaban J connectivity index is 1.86. The molecule has 1 aliphatic rings. The molecule has 0 fully saturated rings. The Morgan fingerprint density at radius 1 is 1.29 bits per heavy atom. The number of nitrogens with zero attached hydrogens (tertiary/aromatic N) is 3. The second-order valence-electron chi connectivity index (χ2n) is 5.23. The molecule has 0 aliphatic heterocycles. The summed E-state index contributed by atoms with van der Waals surface area (Å²) >= 11 is 1.71. The fraction of sp³-hybridized carbons (Fsp3) is 0.250. The summed E-state index contributed by atoms with van der Waals surface area (Å²) in [6.07, 6.45) is 7.58. The Morgan fingerprint density at radius 3 is 3.00 bits per heavy atom. The first kappa shape index (κ1) is 12.6. The zero-order chi connectivity index (χ0) is 14.4. The summed E-state index contributed by atoms with van der Waals surface area (Å²) in [5.74, 6) is 0.774. The number of hydrogen-bond donors (Lipinski definition) is 0. The van der Waals surface area contributed by atoms with Gasteiger partial charge < -0.3 is 4.74 Å². The second kappa shape index (κ2) is 4.70. The molecule has 4 nitrogen and oxygen atoms in total. The van der Waals surface area contributed by atoms with E-state index in [0.717, 1.165) is 23.7 Å². The largest absolute Gasteiger partial charge is 0.444 e. The molecule has 0 radical (unpaired) electrons. The molecule has 5 heteroatoms. The summed E-state index contributed by atoms with van der Waals surface area (Å²) in [5, 5.41) is 5.35. The van der Waals surface area contributed by atoms with Crippen molar-refractivity contribution in [1.82, 2.24) is 14.8 Å². The minimum atomic E-state index is 0.774. The average molecular weight is 297 g/mol. The molecule has 21 heavy (non-hydrogen) atoms. The van der Waals surface area contributed by atoms with E-state index in [9.17, 15) is 0 Å². The zero-order valence-corrected chi connectivity index (χ0v) is 12.8. The molecule has 4 rings (SSSR count). The van der Waals surface area contributed by atoms with E-state index in [1.165, 1.54) is 27.3 Å². The predicted octanol–water partition coefficient (Wildman–Crippen LogP) is 3.74. The average Bonchev–Trinajstić information content (AvgIpc) is 3.02. The molecule has 0 saturated heterocycles. The van der Waals surface area contributed by atoms with Gasteiger partial charge >= 0.3 is 0 Å². The third kappa shape index (κ3) is 1.96. The van der Waals surface area contributed by atoms with Gasteiger partial charge in [-0.25, -0.2) is 0 Å². The third-order valence-corrected chi connectivity index (χ3v) is 4.94. The first-order valence-corrected chi connectivity index (χ1v) is 7.77. The minimum absolute atomic E-state index is 0.774. The van der Waals surface area contributed by atoms with Crippen molar-refractivity contribution in [2.24, 2.45) is 7.05 Å². The van der Waals surface area contributed by atoms with E-state index in [1.54, 1.807) is 23.7 Å². The van der Waals surface area contributed by atoms with Crippen molar-refractivity contribution in [2.45, 2.75) is 19.8 Å². The Kier molecular flexibility index (Phi) is 2.82. The summed E-state index contributed by atoms with van der Waals surface area (Å²) in [5.41, 5.74) is 5.11. The van der Waals surface area contributed by atoms with Gasteiger partial charge in [0.1, 0.15) is 5.75 Å². The summed E-state index contributed by atoms with van der Waals surface area (Å²) in [6, 6.07) is 3.82. The van der Waals surface area contributed by atoms with E-state index >= 15 is 0 Å². The lowest BCUT2D eigenvalue weighted by molar-refractivity contribution is 0.494. The molecule has 0 atom stereocenters. The van der Waals surface area contributed by atoms with Crippen LogP contribution in [0, 0.1) is 6.92 Å². The van der Waals surface area contributed by atoms with E-state index in [2.05, 4.69) is 17.0 Å². The molecule has 0 N–H and O–H groups in total. The molecule has 1 aliphatic carbocycles. The Labute approximate surface area is 127 Å². The number of aryl methyl sites for hydroxylation is 3. The van der Waals surface area contributed by atoms with E-state index in [0.29, 0.717) is 0 Å². The SMILES string of the molecule is Cc1sc(Oc2cccnc2)c2c1CCc1cnn(C)c1-2. The van der Waals surface area contributed by atoms with Crippen molar-refractivity contribution < 1.29 is 4.74 Å². The van der Waals surface area contributed by atoms with Crippen LogP contribution >= 0.6 is 11.3 Å². The molecular formula is C16H15N3OS. The fourth-order valence-corrected chi connectivity index (χ4v) is 3.99. The molecule has 106 valence electrons. The minimum Gasteiger partial charge on any atom is -0.444 e. The predicted molar refractivity (Wildman–Crippen MR) is 83.0 cm³/mol. The van der Waals surface area contributed by atoms with Crippen molar-refractivity contribution >= 4 is 11.3 Å². The number of aromatic nitrogens is 3. The number of ether oxygens (including phenoxy) is 1. The Morgan fingerprint density at radius 2 is 2.19 bits per heavy atom. The first-order valence-electron chi connectivity index (χ1n) is 6.95. The van der Waals surface area contributed by atoms with Crippen LogP contribution in [0.3, 0.4) is 0 Å². The molecule has 3 aromatic rings. The van der Waals surface area contributed by atoms with Gasteiger partial charge in [-0.1, -0.05) is 0 Å². The van der Waals surface area contributed by atoms with Crippen LogP contribution in [0.25, 0.3) is 11.3 Å². The molecule has 0 spiro atoms. The van der Waals surface area contributed by atoms with Crippen LogP contribution in [0.4, 0.5) is 0 Å². The number of hydrogen-bond acceptors (Lipinski definition) is 4. The lowest BCUT2D eigenvalue weighted by atomic mass is 9.92. The van der Waals surface area contributed by atoms with E-state index in [4.69, 9.17) is 4.74 Å². The van der Waals surface area contributed by atoms with Crippen LogP contribution in [0.1, 0.15) is 16.0 Å². The van der Waals surface area contributed by atoms with Crippen LogP contribution in [0.5, 0.6) is 10.8 Å². The molecule has 3 heterocycles. The molecular weight excluding hydrogens is 282 g/mol. The van der Waals surface area contributed by atoms with Gasteiger partial charge in [0.05, 0.1) is 23.7 Å². The summed E-state index contributed by atoms with van der Waals surface area (Å²) in [4.78, 5) is 5.44. The number of fused-ring (bicyclic) bond motifs is 3. The highest BCUT2D eigenvalue weighted by molar-refractivity contribution is 7.14. The third-order valence-electron chi connectivity index (χ3n) is 3.92. The maximum atomic E-state index is 6.09. The highest BCUT2D eigenvalue weighted by atomic mass is 32.1. The van der Waals surface area contributed by atoms with E-state index < -0.39 is 0 Å². The van der Waals surface area contributed by atoms with Gasteiger partial charge in [0.25, 0.3) is 0 Å². The highest BCUT2D eigenvalue weighted by Gasteiger charge is 2.27. The number of pyridine rings is 1. The second-order valence-corrected chi connectivity index (χ2v) is 6.42. The van der Waals surface area contributed by atoms with Crippen molar-refractivity contribution in [3.05, 3.63) is 46.7 Å². The van der Waals surface area contributed by atoms with Gasteiger partial charge in [-0.3, -0.25) is 9.67 Å². The lowest BCUT2D eigenvalue weighted by Crippen LogP contribution is -2.05. The molecule has 0 aromatic carbocycles. The van der Waals surface area contributed by atoms with Crippen molar-refractivity contribution in [1.29, 1.82) is 0 Å². The van der Waals surface area contributed by atoms with Crippen LogP contribution < -0.4 is 4.74 Å². The maximum absolute atomic E-state index is 6.09. The van der Waals surface area contributed by atoms with Gasteiger partial charge in [0, 0.05) is 18.1 Å². The van der Waals surface area contributed by atoms with Crippen molar-refractivity contribution in [3.8, 4) is 22.1 Å².